The van der Waals surface area contributed by atoms with Crippen LogP contribution in [-0.2, 0) is 16.0 Å². The summed E-state index contributed by atoms with van der Waals surface area (Å²) >= 11 is 0. The van der Waals surface area contributed by atoms with E-state index in [1.54, 1.807) is 27.7 Å². The first-order valence-electron chi connectivity index (χ1n) is 9.07. The lowest BCUT2D eigenvalue weighted by Crippen LogP contribution is -2.57. The summed E-state index contributed by atoms with van der Waals surface area (Å²) < 4.78 is 11.4. The minimum absolute atomic E-state index is 0.0960. The molecule has 144 valence electrons. The van der Waals surface area contributed by atoms with Gasteiger partial charge in [-0.3, -0.25) is 4.79 Å². The molecule has 3 atom stereocenters. The lowest BCUT2D eigenvalue weighted by molar-refractivity contribution is -0.136. The van der Waals surface area contributed by atoms with E-state index in [1.807, 2.05) is 38.1 Å². The van der Waals surface area contributed by atoms with Crippen LogP contribution >= 0.6 is 0 Å². The van der Waals surface area contributed by atoms with Crippen LogP contribution < -0.4 is 10.5 Å². The van der Waals surface area contributed by atoms with Crippen molar-refractivity contribution in [2.45, 2.75) is 71.8 Å². The predicted molar refractivity (Wildman–Crippen MR) is 99.9 cm³/mol. The highest BCUT2D eigenvalue weighted by Gasteiger charge is 2.40. The summed E-state index contributed by atoms with van der Waals surface area (Å²) in [7, 11) is 0. The molecule has 1 aromatic rings. The molecule has 2 N–H and O–H groups in total. The highest BCUT2D eigenvalue weighted by molar-refractivity contribution is 5.95. The fourth-order valence-electron chi connectivity index (χ4n) is 2.86. The average molecular weight is 362 g/mol. The number of hydrogen-bond acceptors (Lipinski definition) is 5. The van der Waals surface area contributed by atoms with Gasteiger partial charge < -0.3 is 15.2 Å². The van der Waals surface area contributed by atoms with Gasteiger partial charge in [0.25, 0.3) is 0 Å². The molecule has 6 heteroatoms. The number of ether oxygens (including phenoxy) is 2. The zero-order valence-corrected chi connectivity index (χ0v) is 16.5. The molecule has 2 amide bonds. The molecular weight excluding hydrogens is 332 g/mol. The summed E-state index contributed by atoms with van der Waals surface area (Å²) in [5.74, 6) is 0.247. The second-order valence-electron chi connectivity index (χ2n) is 8.17. The number of fused-ring (bicyclic) bond motifs is 1. The van der Waals surface area contributed by atoms with Crippen LogP contribution in [0.3, 0.4) is 0 Å². The molecule has 0 saturated heterocycles. The van der Waals surface area contributed by atoms with Crippen molar-refractivity contribution in [3.63, 3.8) is 0 Å². The maximum absolute atomic E-state index is 12.9. The molecule has 0 saturated carbocycles. The zero-order chi connectivity index (χ0) is 19.6. The van der Waals surface area contributed by atoms with Gasteiger partial charge in [0, 0.05) is 6.42 Å². The Kier molecular flexibility index (Phi) is 5.96. The van der Waals surface area contributed by atoms with Crippen molar-refractivity contribution in [2.75, 3.05) is 0 Å². The smallest absolute Gasteiger partial charge is 0.417 e. The number of nitrogens with zero attached hydrogens (tertiary/aromatic N) is 1. The van der Waals surface area contributed by atoms with Gasteiger partial charge in [0.15, 0.2) is 0 Å². The number of carbonyl (C=O) groups excluding carboxylic acids is 2. The molecule has 2 unspecified atom stereocenters. The molecule has 0 bridgehead atoms. The van der Waals surface area contributed by atoms with Gasteiger partial charge in [-0.2, -0.15) is 0 Å². The number of hydrogen-bond donors (Lipinski definition) is 1. The van der Waals surface area contributed by atoms with Crippen LogP contribution in [0.4, 0.5) is 4.79 Å². The van der Waals surface area contributed by atoms with Crippen molar-refractivity contribution in [3.05, 3.63) is 29.8 Å². The van der Waals surface area contributed by atoms with Crippen LogP contribution in [0, 0.1) is 5.92 Å². The molecule has 6 nitrogen and oxygen atoms in total. The second kappa shape index (κ2) is 7.66. The standard InChI is InChI=1S/C20H30N2O4/c1-12(2)17(21)18(23)22(19(24)26-20(4,5)6)13(3)16-11-14-9-7-8-10-15(14)25-16/h7-10,12-13,16-17H,11,21H2,1-6H3/t13?,16?,17-/m0/s1. The Morgan fingerprint density at radius 2 is 1.85 bits per heavy atom. The Morgan fingerprint density at radius 3 is 2.38 bits per heavy atom. The number of rotatable bonds is 4. The predicted octanol–water partition coefficient (Wildman–Crippen LogP) is 3.13. The molecule has 0 aliphatic carbocycles. The molecule has 0 radical (unpaired) electrons. The van der Waals surface area contributed by atoms with E-state index in [0.717, 1.165) is 16.2 Å². The van der Waals surface area contributed by atoms with Crippen LogP contribution in [0.2, 0.25) is 0 Å². The second-order valence-corrected chi connectivity index (χ2v) is 8.17. The van der Waals surface area contributed by atoms with Crippen molar-refractivity contribution in [2.24, 2.45) is 11.7 Å². The average Bonchev–Trinajstić information content (AvgIpc) is 2.96. The van der Waals surface area contributed by atoms with Gasteiger partial charge >= 0.3 is 6.09 Å². The zero-order valence-electron chi connectivity index (χ0n) is 16.5. The minimum Gasteiger partial charge on any atom is -0.488 e. The lowest BCUT2D eigenvalue weighted by atomic mass is 10.0. The maximum atomic E-state index is 12.9. The Morgan fingerprint density at radius 1 is 1.23 bits per heavy atom. The third kappa shape index (κ3) is 4.55. The monoisotopic (exact) mass is 362 g/mol. The van der Waals surface area contributed by atoms with E-state index in [4.69, 9.17) is 15.2 Å². The van der Waals surface area contributed by atoms with Crippen LogP contribution in [0.1, 0.15) is 47.1 Å². The molecule has 1 aliphatic heterocycles. The van der Waals surface area contributed by atoms with Crippen LogP contribution in [0.5, 0.6) is 5.75 Å². The summed E-state index contributed by atoms with van der Waals surface area (Å²) in [6, 6.07) is 6.43. The van der Waals surface area contributed by atoms with Crippen molar-refractivity contribution < 1.29 is 19.1 Å². The van der Waals surface area contributed by atoms with Crippen molar-refractivity contribution in [1.29, 1.82) is 0 Å². The first-order chi connectivity index (χ1) is 12.0. The maximum Gasteiger partial charge on any atom is 0.417 e. The Balaban J connectivity index is 2.25. The van der Waals surface area contributed by atoms with Gasteiger partial charge in [-0.15, -0.1) is 0 Å². The highest BCUT2D eigenvalue weighted by atomic mass is 16.6. The summed E-state index contributed by atoms with van der Waals surface area (Å²) in [4.78, 5) is 26.8. The van der Waals surface area contributed by atoms with Crippen LogP contribution in [0.15, 0.2) is 24.3 Å². The Hall–Kier alpha value is -2.08. The third-order valence-electron chi connectivity index (χ3n) is 4.45. The molecule has 2 rings (SSSR count). The van der Waals surface area contributed by atoms with E-state index in [9.17, 15) is 9.59 Å². The van der Waals surface area contributed by atoms with Gasteiger partial charge in [0.05, 0.1) is 12.1 Å². The van der Waals surface area contributed by atoms with Gasteiger partial charge in [0.1, 0.15) is 17.5 Å². The number of carbonyl (C=O) groups is 2. The highest BCUT2D eigenvalue weighted by Crippen LogP contribution is 2.31. The van der Waals surface area contributed by atoms with Gasteiger partial charge in [0.2, 0.25) is 5.91 Å². The molecule has 26 heavy (non-hydrogen) atoms. The van der Waals surface area contributed by atoms with Crippen LogP contribution in [-0.4, -0.2) is 40.7 Å². The fraction of sp³-hybridized carbons (Fsp3) is 0.600. The number of benzene rings is 1. The number of nitrogens with two attached hydrogens (primary N) is 1. The first kappa shape index (κ1) is 20.2. The van der Waals surface area contributed by atoms with E-state index >= 15 is 0 Å². The summed E-state index contributed by atoms with van der Waals surface area (Å²) in [5, 5.41) is 0. The van der Waals surface area contributed by atoms with Gasteiger partial charge in [-0.1, -0.05) is 32.0 Å². The molecule has 0 aromatic heterocycles. The molecule has 1 heterocycles. The molecule has 1 aliphatic rings. The Bertz CT molecular complexity index is 641. The number of imide groups is 1. The van der Waals surface area contributed by atoms with E-state index < -0.39 is 29.7 Å². The SMILES string of the molecule is CC(C)[C@H](N)C(=O)N(C(=O)OC(C)(C)C)C(C)C1Cc2ccccc2O1. The van der Waals surface area contributed by atoms with E-state index in [0.29, 0.717) is 6.42 Å². The van der Waals surface area contributed by atoms with E-state index in [2.05, 4.69) is 0 Å². The molecule has 1 aromatic carbocycles. The van der Waals surface area contributed by atoms with Gasteiger partial charge in [-0.25, -0.2) is 9.69 Å². The largest absolute Gasteiger partial charge is 0.488 e. The van der Waals surface area contributed by atoms with Crippen molar-refractivity contribution in [1.82, 2.24) is 4.90 Å². The Labute approximate surface area is 155 Å². The van der Waals surface area contributed by atoms with Crippen molar-refractivity contribution >= 4 is 12.0 Å². The van der Waals surface area contributed by atoms with E-state index in [1.165, 1.54) is 0 Å². The normalized spacial score (nSPS) is 18.7. The molecule has 0 spiro atoms. The third-order valence-corrected chi connectivity index (χ3v) is 4.45. The van der Waals surface area contributed by atoms with Crippen LogP contribution in [0.25, 0.3) is 0 Å². The summed E-state index contributed by atoms with van der Waals surface area (Å²) in [5.41, 5.74) is 6.40. The minimum atomic E-state index is -0.784. The van der Waals surface area contributed by atoms with E-state index in [-0.39, 0.29) is 12.0 Å². The fourth-order valence-corrected chi connectivity index (χ4v) is 2.86. The number of amides is 2. The summed E-state index contributed by atoms with van der Waals surface area (Å²) in [6.07, 6.45) is -0.394. The lowest BCUT2D eigenvalue weighted by Gasteiger charge is -2.34. The van der Waals surface area contributed by atoms with Crippen molar-refractivity contribution in [3.8, 4) is 5.75 Å². The molecule has 0 fully saturated rings. The molecular formula is C20H30N2O4. The van der Waals surface area contributed by atoms with Gasteiger partial charge in [-0.05, 0) is 45.2 Å². The first-order valence-corrected chi connectivity index (χ1v) is 9.07. The summed E-state index contributed by atoms with van der Waals surface area (Å²) in [6.45, 7) is 10.8. The number of para-hydroxylation sites is 1. The topological polar surface area (TPSA) is 81.9 Å². The quantitative estimate of drug-likeness (QED) is 0.890.